The quantitative estimate of drug-likeness (QED) is 0.526. The van der Waals surface area contributed by atoms with Gasteiger partial charge in [0.25, 0.3) is 0 Å². The molecule has 3 aromatic rings. The van der Waals surface area contributed by atoms with Crippen molar-refractivity contribution in [2.45, 2.75) is 38.0 Å². The molecule has 0 spiro atoms. The van der Waals surface area contributed by atoms with Crippen LogP contribution in [0.3, 0.4) is 0 Å². The van der Waals surface area contributed by atoms with Crippen molar-refractivity contribution in [2.24, 2.45) is 0 Å². The van der Waals surface area contributed by atoms with Crippen LogP contribution < -0.4 is 0 Å². The smallest absolute Gasteiger partial charge is 0.172 e. The van der Waals surface area contributed by atoms with E-state index >= 15 is 0 Å². The highest BCUT2D eigenvalue weighted by Gasteiger charge is 2.35. The lowest BCUT2D eigenvalue weighted by Gasteiger charge is -2.32. The van der Waals surface area contributed by atoms with Gasteiger partial charge in [0.1, 0.15) is 0 Å². The molecule has 0 saturated carbocycles. The average molecular weight is 410 g/mol. The van der Waals surface area contributed by atoms with E-state index < -0.39 is 0 Å². The van der Waals surface area contributed by atoms with Crippen LogP contribution in [0, 0.1) is 0 Å². The fourth-order valence-corrected chi connectivity index (χ4v) is 5.15. The van der Waals surface area contributed by atoms with Crippen molar-refractivity contribution < 1.29 is 9.59 Å². The molecule has 156 valence electrons. The van der Waals surface area contributed by atoms with Crippen molar-refractivity contribution in [3.05, 3.63) is 95.2 Å². The number of likely N-dealkylation sites (tertiary alicyclic amines) is 1. The topological polar surface area (TPSA) is 37.4 Å². The van der Waals surface area contributed by atoms with E-state index in [0.717, 1.165) is 54.4 Å². The maximum atomic E-state index is 13.5. The molecule has 1 aliphatic heterocycles. The number of Topliss-reactive ketones (excluding diaryl/α,β-unsaturated/α-hetero) is 2. The van der Waals surface area contributed by atoms with Gasteiger partial charge in [-0.1, -0.05) is 72.8 Å². The molecular formula is C28H27NO2. The van der Waals surface area contributed by atoms with Crippen LogP contribution in [0.2, 0.25) is 0 Å². The van der Waals surface area contributed by atoms with Crippen molar-refractivity contribution in [2.75, 3.05) is 13.1 Å². The molecule has 1 aliphatic carbocycles. The fraction of sp³-hybridized carbons (Fsp3) is 0.286. The zero-order chi connectivity index (χ0) is 21.2. The van der Waals surface area contributed by atoms with Crippen molar-refractivity contribution in [3.63, 3.8) is 0 Å². The standard InChI is InChI=1S/C28H27NO2/c30-26(18-22-13-8-12-21-11-4-5-14-24(21)22)28-25(29-15-6-7-16-29)17-23(19-27(28)31)20-9-2-1-3-10-20/h1-5,8-14,23H,6-7,15-19H2. The Morgan fingerprint density at radius 3 is 2.35 bits per heavy atom. The minimum atomic E-state index is -0.0326. The van der Waals surface area contributed by atoms with Gasteiger partial charge in [0.2, 0.25) is 0 Å². The molecular weight excluding hydrogens is 382 g/mol. The molecule has 0 aromatic heterocycles. The second-order valence-electron chi connectivity index (χ2n) is 8.69. The minimum absolute atomic E-state index is 0.00670. The van der Waals surface area contributed by atoms with Gasteiger partial charge in [0.05, 0.1) is 5.57 Å². The van der Waals surface area contributed by atoms with Crippen LogP contribution in [0.5, 0.6) is 0 Å². The summed E-state index contributed by atoms with van der Waals surface area (Å²) in [5.74, 6) is 0.125. The molecule has 0 radical (unpaired) electrons. The number of rotatable bonds is 5. The number of nitrogens with zero attached hydrogens (tertiary/aromatic N) is 1. The maximum absolute atomic E-state index is 13.5. The van der Waals surface area contributed by atoms with E-state index in [1.165, 1.54) is 5.56 Å². The maximum Gasteiger partial charge on any atom is 0.172 e. The second-order valence-corrected chi connectivity index (χ2v) is 8.69. The van der Waals surface area contributed by atoms with E-state index in [9.17, 15) is 9.59 Å². The highest BCUT2D eigenvalue weighted by atomic mass is 16.1. The summed E-state index contributed by atoms with van der Waals surface area (Å²) in [4.78, 5) is 29.2. The summed E-state index contributed by atoms with van der Waals surface area (Å²) in [7, 11) is 0. The Balaban J connectivity index is 1.51. The third kappa shape index (κ3) is 3.93. The number of benzene rings is 3. The lowest BCUT2D eigenvalue weighted by atomic mass is 9.79. The molecule has 31 heavy (non-hydrogen) atoms. The first-order valence-corrected chi connectivity index (χ1v) is 11.3. The largest absolute Gasteiger partial charge is 0.374 e. The minimum Gasteiger partial charge on any atom is -0.374 e. The zero-order valence-corrected chi connectivity index (χ0v) is 17.7. The molecule has 3 aromatic carbocycles. The van der Waals surface area contributed by atoms with Gasteiger partial charge >= 0.3 is 0 Å². The van der Waals surface area contributed by atoms with E-state index in [2.05, 4.69) is 35.2 Å². The Kier molecular flexibility index (Phi) is 5.42. The van der Waals surface area contributed by atoms with E-state index in [0.29, 0.717) is 12.0 Å². The third-order valence-electron chi connectivity index (χ3n) is 6.71. The van der Waals surface area contributed by atoms with Crippen molar-refractivity contribution in [1.82, 2.24) is 4.90 Å². The summed E-state index contributed by atoms with van der Waals surface area (Å²) in [6.07, 6.45) is 3.71. The molecule has 2 aliphatic rings. The lowest BCUT2D eigenvalue weighted by Crippen LogP contribution is -2.32. The second kappa shape index (κ2) is 8.50. The van der Waals surface area contributed by atoms with Gasteiger partial charge in [-0.3, -0.25) is 9.59 Å². The number of ketones is 2. The number of fused-ring (bicyclic) bond motifs is 1. The Morgan fingerprint density at radius 2 is 1.55 bits per heavy atom. The monoisotopic (exact) mass is 409 g/mol. The number of hydrogen-bond donors (Lipinski definition) is 0. The molecule has 5 rings (SSSR count). The summed E-state index contributed by atoms with van der Waals surface area (Å²) in [6.45, 7) is 1.88. The van der Waals surface area contributed by atoms with Gasteiger partial charge in [-0.05, 0) is 47.1 Å². The van der Waals surface area contributed by atoms with Crippen LogP contribution in [-0.4, -0.2) is 29.6 Å². The van der Waals surface area contributed by atoms with Crippen LogP contribution in [0.4, 0.5) is 0 Å². The lowest BCUT2D eigenvalue weighted by molar-refractivity contribution is -0.122. The van der Waals surface area contributed by atoms with Crippen molar-refractivity contribution >= 4 is 22.3 Å². The predicted molar refractivity (Wildman–Crippen MR) is 124 cm³/mol. The average Bonchev–Trinajstić information content (AvgIpc) is 3.34. The van der Waals surface area contributed by atoms with E-state index in [4.69, 9.17) is 0 Å². The number of carbonyl (C=O) groups is 2. The molecule has 1 heterocycles. The third-order valence-corrected chi connectivity index (χ3v) is 6.71. The Morgan fingerprint density at radius 1 is 0.839 bits per heavy atom. The normalized spacial score (nSPS) is 19.3. The molecule has 3 heteroatoms. The summed E-state index contributed by atoms with van der Waals surface area (Å²) >= 11 is 0. The molecule has 1 unspecified atom stereocenters. The van der Waals surface area contributed by atoms with E-state index in [-0.39, 0.29) is 23.9 Å². The Hall–Kier alpha value is -3.20. The van der Waals surface area contributed by atoms with Crippen LogP contribution in [0.15, 0.2) is 84.1 Å². The zero-order valence-electron chi connectivity index (χ0n) is 17.7. The molecule has 0 bridgehead atoms. The molecule has 3 nitrogen and oxygen atoms in total. The molecule has 1 atom stereocenters. The van der Waals surface area contributed by atoms with Gasteiger partial charge in [0, 0.05) is 31.6 Å². The summed E-state index contributed by atoms with van der Waals surface area (Å²) in [6, 6.07) is 24.5. The molecule has 0 N–H and O–H groups in total. The van der Waals surface area contributed by atoms with Gasteiger partial charge in [-0.2, -0.15) is 0 Å². The van der Waals surface area contributed by atoms with E-state index in [1.54, 1.807) is 0 Å². The van der Waals surface area contributed by atoms with Gasteiger partial charge in [-0.25, -0.2) is 0 Å². The fourth-order valence-electron chi connectivity index (χ4n) is 5.15. The first-order chi connectivity index (χ1) is 15.2. The SMILES string of the molecule is O=C(Cc1cccc2ccccc12)C1=C(N2CCCC2)CC(c2ccccc2)CC1=O. The van der Waals surface area contributed by atoms with Crippen molar-refractivity contribution in [3.8, 4) is 0 Å². The van der Waals surface area contributed by atoms with Crippen LogP contribution in [0.1, 0.15) is 42.7 Å². The number of hydrogen-bond acceptors (Lipinski definition) is 3. The highest BCUT2D eigenvalue weighted by Crippen LogP contribution is 2.38. The Bertz CT molecular complexity index is 1150. The first kappa shape index (κ1) is 19.7. The Labute approximate surface area is 183 Å². The molecule has 1 fully saturated rings. The van der Waals surface area contributed by atoms with Gasteiger partial charge < -0.3 is 4.90 Å². The summed E-state index contributed by atoms with van der Waals surface area (Å²) in [5.41, 5.74) is 3.62. The summed E-state index contributed by atoms with van der Waals surface area (Å²) in [5, 5.41) is 2.22. The van der Waals surface area contributed by atoms with Crippen LogP contribution in [-0.2, 0) is 16.0 Å². The molecule has 0 amide bonds. The van der Waals surface area contributed by atoms with Gasteiger partial charge in [0.15, 0.2) is 11.6 Å². The predicted octanol–water partition coefficient (Wildman–Crippen LogP) is 5.45. The van der Waals surface area contributed by atoms with Crippen LogP contribution >= 0.6 is 0 Å². The van der Waals surface area contributed by atoms with Gasteiger partial charge in [-0.15, -0.1) is 0 Å². The number of allylic oxidation sites excluding steroid dienone is 2. The van der Waals surface area contributed by atoms with E-state index in [1.807, 2.05) is 42.5 Å². The molecule has 1 saturated heterocycles. The highest BCUT2D eigenvalue weighted by molar-refractivity contribution is 6.22. The van der Waals surface area contributed by atoms with Crippen molar-refractivity contribution in [1.29, 1.82) is 0 Å². The summed E-state index contributed by atoms with van der Waals surface area (Å²) < 4.78 is 0. The number of carbonyl (C=O) groups excluding carboxylic acids is 2. The first-order valence-electron chi connectivity index (χ1n) is 11.3. The van der Waals surface area contributed by atoms with Crippen LogP contribution in [0.25, 0.3) is 10.8 Å².